The van der Waals surface area contributed by atoms with Gasteiger partial charge in [-0.15, -0.1) is 0 Å². The van der Waals surface area contributed by atoms with E-state index in [2.05, 4.69) is 9.72 Å². The zero-order chi connectivity index (χ0) is 16.7. The van der Waals surface area contributed by atoms with Crippen molar-refractivity contribution in [1.82, 2.24) is 4.98 Å². The van der Waals surface area contributed by atoms with Gasteiger partial charge in [-0.25, -0.2) is 0 Å². The minimum atomic E-state index is -4.85. The second kappa shape index (κ2) is 5.32. The van der Waals surface area contributed by atoms with Gasteiger partial charge in [0.1, 0.15) is 5.56 Å². The molecule has 2 aromatic rings. The van der Waals surface area contributed by atoms with Crippen molar-refractivity contribution in [2.75, 3.05) is 7.11 Å². The number of rotatable bonds is 3. The monoisotopic (exact) mass is 316 g/mol. The molecule has 0 atom stereocenters. The van der Waals surface area contributed by atoms with Crippen LogP contribution in [0.3, 0.4) is 0 Å². The van der Waals surface area contributed by atoms with Gasteiger partial charge in [0, 0.05) is 22.7 Å². The molecule has 0 aliphatic heterocycles. The highest BCUT2D eigenvalue weighted by Crippen LogP contribution is 2.39. The third-order valence-corrected chi connectivity index (χ3v) is 3.29. The molecule has 0 amide bonds. The van der Waals surface area contributed by atoms with Crippen molar-refractivity contribution >= 4 is 22.6 Å². The van der Waals surface area contributed by atoms with Crippen LogP contribution >= 0.6 is 0 Å². The number of carbonyl (C=O) groups excluding carboxylic acids is 1. The Labute approximate surface area is 122 Å². The maximum absolute atomic E-state index is 12.9. The highest BCUT2D eigenvalue weighted by Gasteiger charge is 2.39. The van der Waals surface area contributed by atoms with Crippen LogP contribution in [0.5, 0.6) is 0 Å². The molecule has 1 aromatic carbocycles. The largest absolute Gasteiger partial charge is 0.469 e. The molecular formula is C13H11F3N2O4. The van der Waals surface area contributed by atoms with Crippen LogP contribution in [-0.2, 0) is 22.1 Å². The van der Waals surface area contributed by atoms with Crippen molar-refractivity contribution in [3.05, 3.63) is 39.1 Å². The number of fused-ring (bicyclic) bond motifs is 1. The first-order valence-corrected chi connectivity index (χ1v) is 6.08. The Balaban J connectivity index is 2.73. The number of aromatic nitrogens is 1. The summed E-state index contributed by atoms with van der Waals surface area (Å²) >= 11 is 0. The average molecular weight is 316 g/mol. The topological polar surface area (TPSA) is 85.2 Å². The molecule has 0 bridgehead atoms. The Morgan fingerprint density at radius 2 is 2.05 bits per heavy atom. The van der Waals surface area contributed by atoms with Crippen LogP contribution < -0.4 is 0 Å². The van der Waals surface area contributed by atoms with Gasteiger partial charge in [-0.3, -0.25) is 14.9 Å². The molecule has 0 spiro atoms. The van der Waals surface area contributed by atoms with Crippen molar-refractivity contribution in [3.8, 4) is 0 Å². The van der Waals surface area contributed by atoms with Crippen molar-refractivity contribution < 1.29 is 27.6 Å². The summed E-state index contributed by atoms with van der Waals surface area (Å²) in [5.74, 6) is -0.591. The van der Waals surface area contributed by atoms with Gasteiger partial charge in [0.15, 0.2) is 0 Å². The number of H-pyrrole nitrogens is 1. The fourth-order valence-electron chi connectivity index (χ4n) is 2.24. The van der Waals surface area contributed by atoms with E-state index in [9.17, 15) is 28.1 Å². The standard InChI is InChI=1S/C13H11F3N2O4/c1-6-7(4-12(19)22-2)8-3-11(18(20)21)9(13(14,15)16)5-10(8)17-6/h3,5,17H,4H2,1-2H3. The van der Waals surface area contributed by atoms with Gasteiger partial charge in [-0.2, -0.15) is 13.2 Å². The van der Waals surface area contributed by atoms with Crippen LogP contribution in [0.4, 0.5) is 18.9 Å². The van der Waals surface area contributed by atoms with Crippen LogP contribution in [0.2, 0.25) is 0 Å². The molecule has 0 saturated carbocycles. The number of nitrogens with zero attached hydrogens (tertiary/aromatic N) is 1. The minimum absolute atomic E-state index is 0.0781. The number of nitrogens with one attached hydrogen (secondary N) is 1. The first kappa shape index (κ1) is 15.8. The van der Waals surface area contributed by atoms with Crippen LogP contribution in [0.1, 0.15) is 16.8 Å². The highest BCUT2D eigenvalue weighted by atomic mass is 19.4. The van der Waals surface area contributed by atoms with E-state index in [0.29, 0.717) is 17.3 Å². The van der Waals surface area contributed by atoms with Crippen molar-refractivity contribution in [2.24, 2.45) is 0 Å². The lowest BCUT2D eigenvalue weighted by Gasteiger charge is -2.08. The summed E-state index contributed by atoms with van der Waals surface area (Å²) in [5.41, 5.74) is -1.48. The summed E-state index contributed by atoms with van der Waals surface area (Å²) in [5, 5.41) is 11.1. The van der Waals surface area contributed by atoms with E-state index < -0.39 is 28.3 Å². The molecule has 22 heavy (non-hydrogen) atoms. The predicted molar refractivity (Wildman–Crippen MR) is 70.4 cm³/mol. The number of aryl methyl sites for hydroxylation is 1. The Morgan fingerprint density at radius 3 is 2.55 bits per heavy atom. The molecular weight excluding hydrogens is 305 g/mol. The quantitative estimate of drug-likeness (QED) is 0.535. The molecule has 1 aromatic heterocycles. The smallest absolute Gasteiger partial charge is 0.423 e. The fraction of sp³-hybridized carbons (Fsp3) is 0.308. The molecule has 1 heterocycles. The lowest BCUT2D eigenvalue weighted by Crippen LogP contribution is -2.09. The molecule has 0 unspecified atom stereocenters. The summed E-state index contributed by atoms with van der Waals surface area (Å²) in [6.45, 7) is 1.57. The SMILES string of the molecule is COC(=O)Cc1c(C)[nH]c2cc(C(F)(F)F)c([N+](=O)[O-])cc12. The van der Waals surface area contributed by atoms with E-state index in [-0.39, 0.29) is 17.3 Å². The Morgan fingerprint density at radius 1 is 1.41 bits per heavy atom. The van der Waals surface area contributed by atoms with Gasteiger partial charge < -0.3 is 9.72 Å². The lowest BCUT2D eigenvalue weighted by atomic mass is 10.0. The van der Waals surface area contributed by atoms with Gasteiger partial charge in [-0.05, 0) is 18.6 Å². The number of hydrogen-bond acceptors (Lipinski definition) is 4. The second-order valence-corrected chi connectivity index (χ2v) is 4.65. The first-order valence-electron chi connectivity index (χ1n) is 6.08. The first-order chi connectivity index (χ1) is 10.1. The fourth-order valence-corrected chi connectivity index (χ4v) is 2.24. The normalized spacial score (nSPS) is 11.7. The summed E-state index contributed by atoms with van der Waals surface area (Å²) in [4.78, 5) is 23.9. The molecule has 0 saturated heterocycles. The van der Waals surface area contributed by atoms with E-state index in [0.717, 1.165) is 6.07 Å². The molecule has 9 heteroatoms. The van der Waals surface area contributed by atoms with E-state index in [1.54, 1.807) is 6.92 Å². The molecule has 0 radical (unpaired) electrons. The minimum Gasteiger partial charge on any atom is -0.469 e. The number of carbonyl (C=O) groups is 1. The van der Waals surface area contributed by atoms with Gasteiger partial charge in [0.2, 0.25) is 0 Å². The number of esters is 1. The molecule has 6 nitrogen and oxygen atoms in total. The van der Waals surface area contributed by atoms with Crippen LogP contribution in [-0.4, -0.2) is 23.0 Å². The van der Waals surface area contributed by atoms with E-state index in [1.807, 2.05) is 0 Å². The Bertz CT molecular complexity index is 765. The maximum Gasteiger partial charge on any atom is 0.423 e. The third-order valence-electron chi connectivity index (χ3n) is 3.29. The van der Waals surface area contributed by atoms with Crippen LogP contribution in [0, 0.1) is 17.0 Å². The Kier molecular flexibility index (Phi) is 3.82. The lowest BCUT2D eigenvalue weighted by molar-refractivity contribution is -0.387. The van der Waals surface area contributed by atoms with Crippen LogP contribution in [0.15, 0.2) is 12.1 Å². The number of benzene rings is 1. The molecule has 1 N–H and O–H groups in total. The predicted octanol–water partition coefficient (Wildman–Crippen LogP) is 3.12. The van der Waals surface area contributed by atoms with Crippen LogP contribution in [0.25, 0.3) is 10.9 Å². The van der Waals surface area contributed by atoms with E-state index in [4.69, 9.17) is 0 Å². The van der Waals surface area contributed by atoms with Crippen molar-refractivity contribution in [1.29, 1.82) is 0 Å². The number of ether oxygens (including phenoxy) is 1. The van der Waals surface area contributed by atoms with E-state index in [1.165, 1.54) is 7.11 Å². The summed E-state index contributed by atoms with van der Waals surface area (Å²) in [7, 11) is 1.18. The number of aromatic amines is 1. The molecule has 0 aliphatic rings. The van der Waals surface area contributed by atoms with Gasteiger partial charge in [0.25, 0.3) is 5.69 Å². The zero-order valence-corrected chi connectivity index (χ0v) is 11.6. The Hall–Kier alpha value is -2.58. The second-order valence-electron chi connectivity index (χ2n) is 4.65. The summed E-state index contributed by atoms with van der Waals surface area (Å²) < 4.78 is 43.3. The van der Waals surface area contributed by atoms with Gasteiger partial charge >= 0.3 is 12.1 Å². The number of halogens is 3. The zero-order valence-electron chi connectivity index (χ0n) is 11.6. The number of nitro groups is 1. The summed E-state index contributed by atoms with van der Waals surface area (Å²) in [6, 6.07) is 1.52. The number of methoxy groups -OCH3 is 1. The van der Waals surface area contributed by atoms with E-state index >= 15 is 0 Å². The van der Waals surface area contributed by atoms with Gasteiger partial charge in [-0.1, -0.05) is 0 Å². The van der Waals surface area contributed by atoms with Crippen molar-refractivity contribution in [3.63, 3.8) is 0 Å². The maximum atomic E-state index is 12.9. The third kappa shape index (κ3) is 2.74. The average Bonchev–Trinajstić information content (AvgIpc) is 2.72. The molecule has 2 rings (SSSR count). The van der Waals surface area contributed by atoms with Gasteiger partial charge in [0.05, 0.1) is 18.5 Å². The number of hydrogen-bond donors (Lipinski definition) is 1. The molecule has 0 aliphatic carbocycles. The highest BCUT2D eigenvalue weighted by molar-refractivity contribution is 5.91. The number of nitro benzene ring substituents is 1. The summed E-state index contributed by atoms with van der Waals surface area (Å²) in [6.07, 6.45) is -5.04. The molecule has 0 fully saturated rings. The number of alkyl halides is 3. The van der Waals surface area contributed by atoms with Crippen molar-refractivity contribution in [2.45, 2.75) is 19.5 Å². The molecule has 118 valence electrons.